The van der Waals surface area contributed by atoms with Gasteiger partial charge in [0.15, 0.2) is 0 Å². The van der Waals surface area contributed by atoms with Crippen molar-refractivity contribution in [2.45, 2.75) is 0 Å². The van der Waals surface area contributed by atoms with E-state index >= 15 is 0 Å². The molecule has 5 heteroatoms. The van der Waals surface area contributed by atoms with Gasteiger partial charge < -0.3 is 10.1 Å². The molecular weight excluding hydrogens is 172 g/mol. The van der Waals surface area contributed by atoms with Gasteiger partial charge in [0.25, 0.3) is 5.69 Å². The predicted molar refractivity (Wildman–Crippen MR) is 46.6 cm³/mol. The van der Waals surface area contributed by atoms with Crippen molar-refractivity contribution in [3.05, 3.63) is 34.5 Å². The molecule has 0 aliphatic carbocycles. The van der Waals surface area contributed by atoms with Gasteiger partial charge in [0.2, 0.25) is 0 Å². The summed E-state index contributed by atoms with van der Waals surface area (Å²) < 4.78 is 0. The Kier molecular flexibility index (Phi) is 1.45. The zero-order valence-electron chi connectivity index (χ0n) is 6.52. The summed E-state index contributed by atoms with van der Waals surface area (Å²) in [7, 11) is 0. The zero-order chi connectivity index (χ0) is 9.42. The first-order valence-corrected chi connectivity index (χ1v) is 3.63. The minimum Gasteiger partial charge on any atom is -0.506 e. The van der Waals surface area contributed by atoms with Gasteiger partial charge in [-0.05, 0) is 6.07 Å². The van der Waals surface area contributed by atoms with Gasteiger partial charge in [0.1, 0.15) is 5.75 Å². The zero-order valence-corrected chi connectivity index (χ0v) is 6.52. The summed E-state index contributed by atoms with van der Waals surface area (Å²) in [6, 6.07) is 4.28. The van der Waals surface area contributed by atoms with E-state index in [9.17, 15) is 15.2 Å². The van der Waals surface area contributed by atoms with Gasteiger partial charge in [-0.15, -0.1) is 0 Å². The predicted octanol–water partition coefficient (Wildman–Crippen LogP) is 1.78. The van der Waals surface area contributed by atoms with Gasteiger partial charge in [0, 0.05) is 29.2 Å². The molecule has 2 N–H and O–H groups in total. The van der Waals surface area contributed by atoms with Crippen LogP contribution in [-0.2, 0) is 0 Å². The molecule has 0 spiro atoms. The minimum atomic E-state index is -0.494. The minimum absolute atomic E-state index is 0.0256. The smallest absolute Gasteiger partial charge is 0.270 e. The van der Waals surface area contributed by atoms with Gasteiger partial charge >= 0.3 is 0 Å². The molecule has 0 radical (unpaired) electrons. The quantitative estimate of drug-likeness (QED) is 0.516. The standard InChI is InChI=1S/C8H6N2O3/c11-8-4-9-7-2-1-5(10(12)13)3-6(7)8/h1-4,9,11H. The van der Waals surface area contributed by atoms with Crippen LogP contribution in [0.2, 0.25) is 0 Å². The van der Waals surface area contributed by atoms with E-state index in [-0.39, 0.29) is 11.4 Å². The number of nitro benzene ring substituents is 1. The fraction of sp³-hybridized carbons (Fsp3) is 0. The van der Waals surface area contributed by atoms with Crippen molar-refractivity contribution in [1.82, 2.24) is 4.98 Å². The maximum Gasteiger partial charge on any atom is 0.270 e. The highest BCUT2D eigenvalue weighted by molar-refractivity contribution is 5.87. The normalized spacial score (nSPS) is 10.5. The summed E-state index contributed by atoms with van der Waals surface area (Å²) in [6.07, 6.45) is 1.40. The Labute approximate surface area is 72.8 Å². The largest absolute Gasteiger partial charge is 0.506 e. The number of H-pyrrole nitrogens is 1. The summed E-state index contributed by atoms with van der Waals surface area (Å²) in [5.41, 5.74) is 0.658. The molecule has 0 unspecified atom stereocenters. The monoisotopic (exact) mass is 178 g/mol. The third-order valence-corrected chi connectivity index (χ3v) is 1.85. The summed E-state index contributed by atoms with van der Waals surface area (Å²) >= 11 is 0. The van der Waals surface area contributed by atoms with E-state index in [1.54, 1.807) is 6.07 Å². The molecule has 1 aromatic heterocycles. The number of non-ortho nitro benzene ring substituents is 1. The average molecular weight is 178 g/mol. The molecule has 0 atom stereocenters. The van der Waals surface area contributed by atoms with E-state index in [0.717, 1.165) is 0 Å². The van der Waals surface area contributed by atoms with E-state index in [2.05, 4.69) is 4.98 Å². The number of rotatable bonds is 1. The summed E-state index contributed by atoms with van der Waals surface area (Å²) in [6.45, 7) is 0. The lowest BCUT2D eigenvalue weighted by Crippen LogP contribution is -1.86. The van der Waals surface area contributed by atoms with Crippen LogP contribution in [0.1, 0.15) is 0 Å². The lowest BCUT2D eigenvalue weighted by atomic mass is 10.2. The summed E-state index contributed by atoms with van der Waals surface area (Å²) in [5, 5.41) is 20.1. The Morgan fingerprint density at radius 2 is 2.23 bits per heavy atom. The van der Waals surface area contributed by atoms with Crippen LogP contribution in [0.4, 0.5) is 5.69 Å². The van der Waals surface area contributed by atoms with Crippen molar-refractivity contribution in [3.8, 4) is 5.75 Å². The highest BCUT2D eigenvalue weighted by Crippen LogP contribution is 2.27. The molecule has 2 aromatic rings. The number of nitrogens with zero attached hydrogens (tertiary/aromatic N) is 1. The van der Waals surface area contributed by atoms with Crippen LogP contribution < -0.4 is 0 Å². The van der Waals surface area contributed by atoms with Crippen LogP contribution in [0.3, 0.4) is 0 Å². The number of nitro groups is 1. The van der Waals surface area contributed by atoms with E-state index in [0.29, 0.717) is 10.9 Å². The van der Waals surface area contributed by atoms with Gasteiger partial charge in [-0.3, -0.25) is 10.1 Å². The molecule has 2 rings (SSSR count). The molecule has 1 aromatic carbocycles. The van der Waals surface area contributed by atoms with Gasteiger partial charge in [0.05, 0.1) is 4.92 Å². The molecule has 0 aliphatic heterocycles. The SMILES string of the molecule is O=[N+]([O-])c1ccc2[nH]cc(O)c2c1. The lowest BCUT2D eigenvalue weighted by Gasteiger charge is -1.91. The Hall–Kier alpha value is -2.04. The molecule has 0 aliphatic rings. The van der Waals surface area contributed by atoms with Crippen molar-refractivity contribution in [1.29, 1.82) is 0 Å². The van der Waals surface area contributed by atoms with Crippen molar-refractivity contribution in [3.63, 3.8) is 0 Å². The molecule has 13 heavy (non-hydrogen) atoms. The number of benzene rings is 1. The third-order valence-electron chi connectivity index (χ3n) is 1.85. The van der Waals surface area contributed by atoms with Crippen LogP contribution in [0, 0.1) is 10.1 Å². The maximum absolute atomic E-state index is 10.4. The first-order valence-electron chi connectivity index (χ1n) is 3.63. The van der Waals surface area contributed by atoms with Crippen molar-refractivity contribution >= 4 is 16.6 Å². The Morgan fingerprint density at radius 1 is 1.46 bits per heavy atom. The molecular formula is C8H6N2O3. The third kappa shape index (κ3) is 1.10. The van der Waals surface area contributed by atoms with Crippen molar-refractivity contribution in [2.75, 3.05) is 0 Å². The maximum atomic E-state index is 10.4. The Morgan fingerprint density at radius 3 is 2.92 bits per heavy atom. The number of hydrogen-bond acceptors (Lipinski definition) is 3. The molecule has 66 valence electrons. The Balaban J connectivity index is 2.72. The number of aromatic nitrogens is 1. The average Bonchev–Trinajstić information content (AvgIpc) is 2.47. The summed E-state index contributed by atoms with van der Waals surface area (Å²) in [5.74, 6) is 0.0266. The molecule has 0 saturated carbocycles. The number of aromatic hydroxyl groups is 1. The molecule has 0 bridgehead atoms. The van der Waals surface area contributed by atoms with Gasteiger partial charge in [-0.25, -0.2) is 0 Å². The highest BCUT2D eigenvalue weighted by Gasteiger charge is 2.08. The van der Waals surface area contributed by atoms with Crippen LogP contribution in [0.25, 0.3) is 10.9 Å². The van der Waals surface area contributed by atoms with E-state index in [1.807, 2.05) is 0 Å². The number of aromatic amines is 1. The van der Waals surface area contributed by atoms with Crippen LogP contribution >= 0.6 is 0 Å². The molecule has 1 heterocycles. The van der Waals surface area contributed by atoms with E-state index in [4.69, 9.17) is 0 Å². The highest BCUT2D eigenvalue weighted by atomic mass is 16.6. The molecule has 0 saturated heterocycles. The second-order valence-corrected chi connectivity index (χ2v) is 2.66. The van der Waals surface area contributed by atoms with E-state index in [1.165, 1.54) is 18.3 Å². The first kappa shape index (κ1) is 7.60. The van der Waals surface area contributed by atoms with Crippen LogP contribution in [-0.4, -0.2) is 15.0 Å². The van der Waals surface area contributed by atoms with Gasteiger partial charge in [-0.1, -0.05) is 0 Å². The molecule has 0 amide bonds. The van der Waals surface area contributed by atoms with Gasteiger partial charge in [-0.2, -0.15) is 0 Å². The number of nitrogens with one attached hydrogen (secondary N) is 1. The fourth-order valence-electron chi connectivity index (χ4n) is 1.21. The second kappa shape index (κ2) is 2.48. The number of hydrogen-bond donors (Lipinski definition) is 2. The fourth-order valence-corrected chi connectivity index (χ4v) is 1.21. The van der Waals surface area contributed by atoms with Crippen LogP contribution in [0.5, 0.6) is 5.75 Å². The topological polar surface area (TPSA) is 79.2 Å². The molecule has 0 fully saturated rings. The van der Waals surface area contributed by atoms with Crippen LogP contribution in [0.15, 0.2) is 24.4 Å². The summed E-state index contributed by atoms with van der Waals surface area (Å²) in [4.78, 5) is 12.7. The number of fused-ring (bicyclic) bond motifs is 1. The van der Waals surface area contributed by atoms with Crippen molar-refractivity contribution < 1.29 is 10.0 Å². The Bertz CT molecular complexity index is 475. The lowest BCUT2D eigenvalue weighted by molar-refractivity contribution is -0.384. The first-order chi connectivity index (χ1) is 6.18. The van der Waals surface area contributed by atoms with E-state index < -0.39 is 4.92 Å². The molecule has 5 nitrogen and oxygen atoms in total. The second-order valence-electron chi connectivity index (χ2n) is 2.66. The van der Waals surface area contributed by atoms with Crippen molar-refractivity contribution in [2.24, 2.45) is 0 Å².